The van der Waals surface area contributed by atoms with E-state index >= 15 is 0 Å². The zero-order valence-corrected chi connectivity index (χ0v) is 76.5. The largest absolute Gasteiger partial charge is 0.508 e. The maximum absolute atomic E-state index is 15.0. The summed E-state index contributed by atoms with van der Waals surface area (Å²) in [7, 11) is 0. The van der Waals surface area contributed by atoms with E-state index in [1.807, 2.05) is 5.32 Å². The van der Waals surface area contributed by atoms with Gasteiger partial charge in [0, 0.05) is 73.9 Å². The fourth-order valence-electron chi connectivity index (χ4n) is 13.4. The Bertz CT molecular complexity index is 5060. The van der Waals surface area contributed by atoms with Crippen LogP contribution in [-0.2, 0) is 126 Å². The van der Waals surface area contributed by atoms with Gasteiger partial charge in [0.05, 0.1) is 25.6 Å². The summed E-state index contributed by atoms with van der Waals surface area (Å²) in [6.07, 6.45) is -8.32. The van der Waals surface area contributed by atoms with E-state index in [1.54, 1.807) is 102 Å². The molecule has 0 bridgehead atoms. The van der Waals surface area contributed by atoms with Crippen LogP contribution in [0.3, 0.4) is 0 Å². The number of carboxylic acid groups (broad SMARTS) is 7. The summed E-state index contributed by atoms with van der Waals surface area (Å²) in [4.78, 5) is 289. The van der Waals surface area contributed by atoms with Crippen molar-refractivity contribution >= 4 is 135 Å². The van der Waals surface area contributed by atoms with Gasteiger partial charge in [0.15, 0.2) is 0 Å². The normalized spacial score (nSPS) is 14.7. The van der Waals surface area contributed by atoms with E-state index in [4.69, 9.17) is 15.0 Å². The topological polar surface area (TPSA) is 733 Å². The molecule has 2 heterocycles. The summed E-state index contributed by atoms with van der Waals surface area (Å²) < 4.78 is 31.7. The van der Waals surface area contributed by atoms with Crippen LogP contribution in [0.5, 0.6) is 5.75 Å². The molecule has 0 fully saturated rings. The minimum atomic E-state index is -5.08. The number of hydrogen-bond donors (Lipinski definition) is 24. The Labute approximate surface area is 782 Å². The molecule has 0 aliphatic carbocycles. The number of fused-ring (bicyclic) bond motifs is 1. The highest BCUT2D eigenvalue weighted by atomic mass is 19.4. The van der Waals surface area contributed by atoms with Crippen molar-refractivity contribution in [2.75, 3.05) is 0 Å². The molecule has 0 saturated heterocycles. The fourth-order valence-corrected chi connectivity index (χ4v) is 13.4. The number of halogens is 3. The molecule has 2 aromatic heterocycles. The Kier molecular flexibility index (Phi) is 46.3. The Morgan fingerprint density at radius 3 is 1.23 bits per heavy atom. The molecule has 0 radical (unpaired) electrons. The van der Waals surface area contributed by atoms with Crippen LogP contribution in [0, 0.1) is 23.7 Å². The Balaban J connectivity index is 0.00000537. The highest BCUT2D eigenvalue weighted by Gasteiger charge is 2.42. The van der Waals surface area contributed by atoms with Gasteiger partial charge in [0.2, 0.25) is 82.7 Å². The molecule has 0 spiro atoms. The molecular formula is C88H118F3N17O29. The van der Waals surface area contributed by atoms with Crippen molar-refractivity contribution in [3.63, 3.8) is 0 Å². The number of imidazole rings is 1. The number of phenolic OH excluding ortho intramolecular Hbond substituents is 1. The van der Waals surface area contributed by atoms with Crippen molar-refractivity contribution in [2.45, 2.75) is 256 Å². The molecule has 3 aromatic carbocycles. The summed E-state index contributed by atoms with van der Waals surface area (Å²) in [6, 6.07) is -2.56. The minimum absolute atomic E-state index is 0.133. The highest BCUT2D eigenvalue weighted by molar-refractivity contribution is 6.02. The highest BCUT2D eigenvalue weighted by Crippen LogP contribution is 2.23. The molecule has 137 heavy (non-hydrogen) atoms. The fraction of sp³-hybridized carbons (Fsp3) is 0.500. The number of nitrogens with one attached hydrogen (secondary N) is 16. The Morgan fingerprint density at radius 2 is 0.752 bits per heavy atom. The van der Waals surface area contributed by atoms with Gasteiger partial charge in [0.1, 0.15) is 90.3 Å². The number of carbonyl (C=O) groups excluding carboxylic acids is 14. The molecule has 46 nitrogen and oxygen atoms in total. The minimum Gasteiger partial charge on any atom is -0.508 e. The number of amides is 14. The van der Waals surface area contributed by atoms with E-state index in [-0.39, 0.29) is 50.0 Å². The van der Waals surface area contributed by atoms with Crippen LogP contribution in [0.25, 0.3) is 10.9 Å². The third kappa shape index (κ3) is 39.9. The van der Waals surface area contributed by atoms with E-state index < -0.39 is 290 Å². The number of carbonyl (C=O) groups is 21. The maximum Gasteiger partial charge on any atom is 0.490 e. The quantitative estimate of drug-likeness (QED) is 0.0239. The van der Waals surface area contributed by atoms with Gasteiger partial charge in [-0.3, -0.25) is 91.1 Å². The van der Waals surface area contributed by atoms with E-state index in [0.717, 1.165) is 17.8 Å². The summed E-state index contributed by atoms with van der Waals surface area (Å²) in [5.74, 6) is -29.7. The van der Waals surface area contributed by atoms with Crippen LogP contribution in [0.2, 0.25) is 0 Å². The van der Waals surface area contributed by atoms with Gasteiger partial charge in [-0.15, -0.1) is 0 Å². The SMILES string of the molecule is CCC(C)C(NC(=O)C(CC(=O)O)NC(=O)C(CC(C)C)NC(=O)C(Cc1cnc[nH]1)NC(=O)C(C)NC(=O)C(Cc1ccccc1)NC(=O)C(Cc1ccc(O)cc1)NC(=O)C(NC(=O)C(C)NC(=O)C(CCC(=O)O)NC(=O)C(CCC(=O)O)NC(=O)C(CC(=O)O)NC(=O)CCC(=O)O)C(C)C)C(=O)NC(C(=O)NC(Cc1c[nH]c2ccccc12)C(=O)O)C(C)CC.O=C(O)C(F)(F)F. The monoisotopic (exact) mass is 1930 g/mol. The number of aromatic nitrogens is 3. The van der Waals surface area contributed by atoms with E-state index in [0.29, 0.717) is 23.1 Å². The first-order chi connectivity index (χ1) is 64.2. The van der Waals surface area contributed by atoms with Gasteiger partial charge >= 0.3 is 48.0 Å². The number of aromatic amines is 2. The third-order valence-electron chi connectivity index (χ3n) is 21.3. The van der Waals surface area contributed by atoms with Gasteiger partial charge in [-0.05, 0) is 91.7 Å². The van der Waals surface area contributed by atoms with Crippen molar-refractivity contribution in [1.29, 1.82) is 0 Å². The second-order valence-electron chi connectivity index (χ2n) is 33.2. The number of benzene rings is 3. The van der Waals surface area contributed by atoms with Crippen molar-refractivity contribution in [2.24, 2.45) is 23.7 Å². The smallest absolute Gasteiger partial charge is 0.490 e. The number of alkyl halides is 3. The number of carboxylic acids is 7. The number of hydrogen-bond acceptors (Lipinski definition) is 23. The summed E-state index contributed by atoms with van der Waals surface area (Å²) >= 11 is 0. The summed E-state index contributed by atoms with van der Waals surface area (Å²) in [5, 5.41) is 110. The second kappa shape index (κ2) is 55.5. The first kappa shape index (κ1) is 114. The molecule has 0 aliphatic rings. The number of rotatable bonds is 56. The number of H-pyrrole nitrogens is 2. The lowest BCUT2D eigenvalue weighted by Crippen LogP contribution is -2.62. The Morgan fingerprint density at radius 1 is 0.372 bits per heavy atom. The van der Waals surface area contributed by atoms with Crippen LogP contribution in [0.15, 0.2) is 97.6 Å². The van der Waals surface area contributed by atoms with Crippen molar-refractivity contribution in [1.82, 2.24) is 89.4 Å². The summed E-state index contributed by atoms with van der Waals surface area (Å²) in [5.41, 5.74) is 2.38. The predicted molar refractivity (Wildman–Crippen MR) is 474 cm³/mol. The van der Waals surface area contributed by atoms with Crippen LogP contribution >= 0.6 is 0 Å². The van der Waals surface area contributed by atoms with Gasteiger partial charge in [-0.2, -0.15) is 13.2 Å². The molecule has 24 N–H and O–H groups in total. The third-order valence-corrected chi connectivity index (χ3v) is 21.3. The molecule has 14 amide bonds. The Hall–Kier alpha value is -15.1. The van der Waals surface area contributed by atoms with Gasteiger partial charge in [-0.1, -0.05) is 129 Å². The first-order valence-corrected chi connectivity index (χ1v) is 43.4. The van der Waals surface area contributed by atoms with Crippen molar-refractivity contribution in [3.05, 3.63) is 120 Å². The number of aliphatic carboxylic acids is 7. The van der Waals surface area contributed by atoms with Crippen LogP contribution in [0.1, 0.15) is 162 Å². The first-order valence-electron chi connectivity index (χ1n) is 43.4. The van der Waals surface area contributed by atoms with E-state index in [1.165, 1.54) is 57.6 Å². The molecule has 16 unspecified atom stereocenters. The van der Waals surface area contributed by atoms with Crippen molar-refractivity contribution in [3.8, 4) is 5.75 Å². The number of para-hydroxylation sites is 1. The molecular weight excluding hydrogens is 1820 g/mol. The molecule has 750 valence electrons. The molecule has 49 heteroatoms. The maximum atomic E-state index is 15.0. The van der Waals surface area contributed by atoms with Gasteiger partial charge in [-0.25, -0.2) is 14.6 Å². The van der Waals surface area contributed by atoms with E-state index in [9.17, 15) is 140 Å². The number of aromatic hydroxyl groups is 1. The molecule has 16 atom stereocenters. The average molecular weight is 1930 g/mol. The zero-order chi connectivity index (χ0) is 103. The van der Waals surface area contributed by atoms with E-state index in [2.05, 4.69) is 84.1 Å². The lowest BCUT2D eigenvalue weighted by molar-refractivity contribution is -0.192. The molecule has 5 rings (SSSR count). The predicted octanol–water partition coefficient (Wildman–Crippen LogP) is -0.250. The van der Waals surface area contributed by atoms with Crippen LogP contribution in [-0.4, -0.2) is 271 Å². The van der Waals surface area contributed by atoms with Crippen LogP contribution in [0.4, 0.5) is 13.2 Å². The average Bonchev–Trinajstić information content (AvgIpc) is 1.71. The zero-order valence-electron chi connectivity index (χ0n) is 76.5. The number of nitrogens with zero attached hydrogens (tertiary/aromatic N) is 1. The van der Waals surface area contributed by atoms with Gasteiger partial charge < -0.3 is 125 Å². The number of phenols is 1. The molecule has 0 aliphatic heterocycles. The standard InChI is InChI=1S/C86H117N17O27.C2HF3O2/c1-11-44(7)71(84(127)100-63(86(129)130)35-50-39-88-54-21-17-16-20-53(50)54)103-85(128)72(45(8)12-2)102-82(125)62(38-69(114)115)98-78(121)57(32-42(3)4)96-80(123)60(36-51-40-87-41-89-51)95-73(116)46(9)91-77(120)58(33-48-18-14-13-15-19-48)97-79(122)59(34-49-22-24-52(104)25-23-49)99-83(126)70(43(5)6)101-74(117)47(10)90-75(118)55(26-29-65(106)107)93-76(119)56(27-30-66(108)109)94-81(124)61(37-68(112)113)92-64(105)28-31-67(110)111;3-2(4,5)1(6)7/h13-25,39-47,55-63,70-72,88,104H,11-12,26-38H2,1-10H3,(H,87,89)(H,90,118)(H,91,120)(H,92,105)(H,93,119)(H,94,124)(H,95,116)(H,96,123)(H,97,122)(H,98,121)(H,99,126)(H,100,127)(H,101,117)(H,102,125)(H,103,128)(H,106,107)(H,108,109)(H,110,111)(H,112,113)(H,114,115)(H,129,130);(H,6,7). The molecule has 5 aromatic rings. The lowest BCUT2D eigenvalue weighted by Gasteiger charge is -2.31. The van der Waals surface area contributed by atoms with Crippen LogP contribution < -0.4 is 74.4 Å². The summed E-state index contributed by atoms with van der Waals surface area (Å²) in [6.45, 7) is 15.3. The lowest BCUT2D eigenvalue weighted by atomic mass is 9.94. The van der Waals surface area contributed by atoms with Crippen molar-refractivity contribution < 1.29 is 155 Å². The molecule has 0 saturated carbocycles. The van der Waals surface area contributed by atoms with Gasteiger partial charge in [0.25, 0.3) is 0 Å². The second-order valence-corrected chi connectivity index (χ2v) is 33.2.